The molecule has 5 rings (SSSR count). The fourth-order valence-corrected chi connectivity index (χ4v) is 7.94. The minimum atomic E-state index is -0.253. The molecule has 1 N–H and O–H groups in total. The van der Waals surface area contributed by atoms with Gasteiger partial charge in [-0.2, -0.15) is 4.57 Å². The Bertz CT molecular complexity index is 1560. The Hall–Kier alpha value is -3.18. The van der Waals surface area contributed by atoms with Crippen LogP contribution in [0.5, 0.6) is 0 Å². The zero-order valence-electron chi connectivity index (χ0n) is 27.3. The van der Waals surface area contributed by atoms with Crippen LogP contribution in [0.25, 0.3) is 16.3 Å². The Morgan fingerprint density at radius 1 is 0.818 bits per heavy atom. The van der Waals surface area contributed by atoms with Crippen LogP contribution in [0.2, 0.25) is 0 Å². The maximum absolute atomic E-state index is 13.6. The number of aryl methyl sites for hydroxylation is 1. The van der Waals surface area contributed by atoms with Crippen LogP contribution in [-0.4, -0.2) is 17.4 Å². The largest absolute Gasteiger partial charge is 0.506 e. The molecule has 1 aliphatic heterocycles. The second-order valence-electron chi connectivity index (χ2n) is 13.1. The number of benzene rings is 2. The summed E-state index contributed by atoms with van der Waals surface area (Å²) in [5, 5.41) is 12.3. The van der Waals surface area contributed by atoms with Crippen molar-refractivity contribution < 1.29 is 14.5 Å². The molecule has 234 valence electrons. The number of carbonyl (C=O) groups excluding carboxylic acids is 1. The third kappa shape index (κ3) is 6.73. The molecule has 1 aliphatic carbocycles. The van der Waals surface area contributed by atoms with Gasteiger partial charge < -0.3 is 10.0 Å². The summed E-state index contributed by atoms with van der Waals surface area (Å²) in [5.41, 5.74) is 5.41. The summed E-state index contributed by atoms with van der Waals surface area (Å²) in [5.74, 6) is 0.0576. The van der Waals surface area contributed by atoms with E-state index in [0.29, 0.717) is 11.1 Å². The third-order valence-electron chi connectivity index (χ3n) is 9.45. The molecule has 2 aliphatic rings. The number of ketones is 1. The van der Waals surface area contributed by atoms with Crippen molar-refractivity contribution in [3.63, 3.8) is 0 Å². The van der Waals surface area contributed by atoms with Gasteiger partial charge in [0, 0.05) is 41.9 Å². The maximum Gasteiger partial charge on any atom is 0.263 e. The molecule has 0 amide bonds. The predicted octanol–water partition coefficient (Wildman–Crippen LogP) is 10.4. The number of Topliss-reactive ketones (excluding diaryl/α,β-unsaturated/α-hetero) is 1. The highest BCUT2D eigenvalue weighted by Gasteiger charge is 2.42. The van der Waals surface area contributed by atoms with Crippen LogP contribution < -0.4 is 9.47 Å². The molecule has 0 saturated carbocycles. The number of rotatable bonds is 16. The van der Waals surface area contributed by atoms with Crippen LogP contribution >= 0.6 is 11.3 Å². The quantitative estimate of drug-likeness (QED) is 0.0996. The molecular weight excluding hydrogens is 561 g/mol. The first-order chi connectivity index (χ1) is 21.4. The average molecular weight is 612 g/mol. The summed E-state index contributed by atoms with van der Waals surface area (Å²) in [6, 6.07) is 17.1. The van der Waals surface area contributed by atoms with Gasteiger partial charge in [0.2, 0.25) is 11.3 Å². The molecule has 3 aromatic rings. The average Bonchev–Trinajstić information content (AvgIpc) is 3.49. The fraction of sp³-hybridized carbons (Fsp3) is 0.487. The molecule has 0 atom stereocenters. The Morgan fingerprint density at radius 2 is 1.45 bits per heavy atom. The minimum absolute atomic E-state index is 0.0650. The molecule has 0 spiro atoms. The monoisotopic (exact) mass is 611 g/mol. The van der Waals surface area contributed by atoms with E-state index in [4.69, 9.17) is 0 Å². The number of para-hydroxylation sites is 2. The van der Waals surface area contributed by atoms with Crippen LogP contribution in [0, 0.1) is 0 Å². The van der Waals surface area contributed by atoms with E-state index < -0.39 is 0 Å². The number of hydrogen-bond donors (Lipinski definition) is 1. The van der Waals surface area contributed by atoms with Crippen molar-refractivity contribution in [2.24, 2.45) is 0 Å². The highest BCUT2D eigenvalue weighted by molar-refractivity contribution is 7.18. The molecule has 0 unspecified atom stereocenters. The molecule has 0 radical (unpaired) electrons. The smallest absolute Gasteiger partial charge is 0.263 e. The number of thiazole rings is 1. The molecule has 0 saturated heterocycles. The van der Waals surface area contributed by atoms with Gasteiger partial charge in [-0.25, -0.2) is 0 Å². The first-order valence-corrected chi connectivity index (χ1v) is 17.9. The Morgan fingerprint density at radius 3 is 2.18 bits per heavy atom. The van der Waals surface area contributed by atoms with Crippen LogP contribution in [0.4, 0.5) is 5.69 Å². The normalized spacial score (nSPS) is 17.7. The molecule has 1 aromatic heterocycles. The zero-order chi connectivity index (χ0) is 31.1. The highest BCUT2D eigenvalue weighted by atomic mass is 32.1. The first kappa shape index (κ1) is 32.2. The van der Waals surface area contributed by atoms with E-state index in [9.17, 15) is 9.90 Å². The second-order valence-corrected chi connectivity index (χ2v) is 14.1. The predicted molar refractivity (Wildman–Crippen MR) is 186 cm³/mol. The van der Waals surface area contributed by atoms with Crippen molar-refractivity contribution in [2.75, 3.05) is 11.4 Å². The standard InChI is InChI=1S/C39H50N2O2S/c1-5-7-9-11-13-19-25-40-32-22-16-15-21-31(32)39(3,4)35(40)27-29-37(42)30(38(29)43)28-36-41(26-20-14-12-10-8-6-2)33-23-17-18-24-34(33)44-36/h15-18,21-24,27-28H,5-14,19-20,25-26H2,1-4H3/p+1. The summed E-state index contributed by atoms with van der Waals surface area (Å²) in [6.45, 7) is 10.8. The molecule has 2 aromatic carbocycles. The maximum atomic E-state index is 13.6. The highest BCUT2D eigenvalue weighted by Crippen LogP contribution is 2.49. The lowest BCUT2D eigenvalue weighted by atomic mass is 9.80. The molecular formula is C39H51N2O2S+. The van der Waals surface area contributed by atoms with Gasteiger partial charge in [0.05, 0.1) is 11.1 Å². The van der Waals surface area contributed by atoms with Gasteiger partial charge in [0.25, 0.3) is 5.01 Å². The first-order valence-electron chi connectivity index (χ1n) is 17.1. The zero-order valence-corrected chi connectivity index (χ0v) is 28.1. The summed E-state index contributed by atoms with van der Waals surface area (Å²) >= 11 is 1.70. The van der Waals surface area contributed by atoms with Crippen LogP contribution in [0.3, 0.4) is 0 Å². The van der Waals surface area contributed by atoms with E-state index in [1.54, 1.807) is 11.3 Å². The lowest BCUT2D eigenvalue weighted by Gasteiger charge is -2.29. The van der Waals surface area contributed by atoms with Crippen LogP contribution in [0.1, 0.15) is 115 Å². The van der Waals surface area contributed by atoms with Crippen molar-refractivity contribution >= 4 is 39.1 Å². The molecule has 4 nitrogen and oxygen atoms in total. The van der Waals surface area contributed by atoms with Gasteiger partial charge in [-0.1, -0.05) is 127 Å². The van der Waals surface area contributed by atoms with Gasteiger partial charge in [-0.3, -0.25) is 4.79 Å². The van der Waals surface area contributed by atoms with Gasteiger partial charge in [0.1, 0.15) is 10.5 Å². The van der Waals surface area contributed by atoms with Gasteiger partial charge in [0.15, 0.2) is 6.54 Å². The Balaban J connectivity index is 1.40. The fourth-order valence-electron chi connectivity index (χ4n) is 6.80. The van der Waals surface area contributed by atoms with Crippen molar-refractivity contribution in [1.82, 2.24) is 0 Å². The Labute approximate surface area is 268 Å². The number of allylic oxidation sites excluding steroid dienone is 4. The second kappa shape index (κ2) is 14.7. The van der Waals surface area contributed by atoms with E-state index in [1.807, 2.05) is 12.2 Å². The van der Waals surface area contributed by atoms with Crippen molar-refractivity contribution in [2.45, 2.75) is 117 Å². The van der Waals surface area contributed by atoms with Crippen molar-refractivity contribution in [3.05, 3.63) is 87.8 Å². The number of carbonyl (C=O) groups is 1. The van der Waals surface area contributed by atoms with Gasteiger partial charge in [-0.15, -0.1) is 0 Å². The van der Waals surface area contributed by atoms with Crippen LogP contribution in [-0.2, 0) is 16.8 Å². The number of fused-ring (bicyclic) bond motifs is 2. The summed E-state index contributed by atoms with van der Waals surface area (Å²) in [4.78, 5) is 16.0. The topological polar surface area (TPSA) is 44.4 Å². The lowest BCUT2D eigenvalue weighted by Crippen LogP contribution is -2.35. The number of aliphatic hydroxyl groups excluding tert-OH is 1. The summed E-state index contributed by atoms with van der Waals surface area (Å²) in [7, 11) is 0. The number of unbranched alkanes of at least 4 members (excludes halogenated alkanes) is 10. The lowest BCUT2D eigenvalue weighted by molar-refractivity contribution is -0.669. The summed E-state index contributed by atoms with van der Waals surface area (Å²) < 4.78 is 3.54. The number of aromatic nitrogens is 1. The number of anilines is 1. The number of nitrogens with zero attached hydrogens (tertiary/aromatic N) is 2. The molecule has 5 heteroatoms. The summed E-state index contributed by atoms with van der Waals surface area (Å²) in [6.07, 6.45) is 18.8. The van der Waals surface area contributed by atoms with E-state index in [1.165, 1.54) is 85.7 Å². The minimum Gasteiger partial charge on any atom is -0.506 e. The van der Waals surface area contributed by atoms with Crippen molar-refractivity contribution in [3.8, 4) is 0 Å². The van der Waals surface area contributed by atoms with Crippen LogP contribution in [0.15, 0.2) is 77.2 Å². The third-order valence-corrected chi connectivity index (χ3v) is 10.6. The number of aliphatic hydroxyl groups is 1. The van der Waals surface area contributed by atoms with Crippen molar-refractivity contribution in [1.29, 1.82) is 0 Å². The molecule has 2 heterocycles. The molecule has 44 heavy (non-hydrogen) atoms. The Kier molecular flexibility index (Phi) is 10.8. The molecule has 0 fully saturated rings. The van der Waals surface area contributed by atoms with E-state index >= 15 is 0 Å². The van der Waals surface area contributed by atoms with E-state index in [0.717, 1.165) is 36.6 Å². The van der Waals surface area contributed by atoms with E-state index in [2.05, 4.69) is 85.7 Å². The number of hydrogen-bond acceptors (Lipinski definition) is 4. The molecule has 0 bridgehead atoms. The van der Waals surface area contributed by atoms with Gasteiger partial charge in [-0.05, 0) is 36.6 Å². The SMILES string of the molecule is CCCCCCCCN1/C(=C\C2=C(O)C(=C/c3sc4ccccc4[n+]3CCCCCCCC)/C2=O)C(C)(C)c2ccccc21. The van der Waals surface area contributed by atoms with E-state index in [-0.39, 0.29) is 17.0 Å². The van der Waals surface area contributed by atoms with Gasteiger partial charge >= 0.3 is 0 Å².